The lowest BCUT2D eigenvalue weighted by Gasteiger charge is -2.07. The van der Waals surface area contributed by atoms with Crippen LogP contribution in [0.5, 0.6) is 0 Å². The molecule has 0 amide bonds. The van der Waals surface area contributed by atoms with Crippen LogP contribution in [0.25, 0.3) is 0 Å². The minimum absolute atomic E-state index is 0.129. The van der Waals surface area contributed by atoms with Crippen molar-refractivity contribution in [3.8, 4) is 0 Å². The zero-order valence-electron chi connectivity index (χ0n) is 10.7. The first-order chi connectivity index (χ1) is 9.11. The molecule has 0 aliphatic rings. The van der Waals surface area contributed by atoms with Crippen molar-refractivity contribution in [1.29, 1.82) is 0 Å². The normalized spacial score (nSPS) is 10.2. The summed E-state index contributed by atoms with van der Waals surface area (Å²) < 4.78 is 5.93. The summed E-state index contributed by atoms with van der Waals surface area (Å²) in [5, 5.41) is 4.01. The largest absolute Gasteiger partial charge is 0.465 e. The van der Waals surface area contributed by atoms with Crippen LogP contribution in [0.15, 0.2) is 35.4 Å². The van der Waals surface area contributed by atoms with Crippen molar-refractivity contribution in [3.05, 3.63) is 57.8 Å². The summed E-state index contributed by atoms with van der Waals surface area (Å²) in [5.41, 5.74) is 1.34. The number of aryl methyl sites for hydroxylation is 1. The molecule has 0 N–H and O–H groups in total. The van der Waals surface area contributed by atoms with E-state index < -0.39 is 5.97 Å². The molecule has 2 heterocycles. The lowest BCUT2D eigenvalue weighted by atomic mass is 10.2. The molecule has 0 atom stereocenters. The molecule has 2 aromatic heterocycles. The Morgan fingerprint density at radius 3 is 2.95 bits per heavy atom. The number of ether oxygens (including phenoxy) is 1. The highest BCUT2D eigenvalue weighted by molar-refractivity contribution is 5.90. The molecule has 0 unspecified atom stereocenters. The SMILES string of the molecule is COC(=O)c1cccnc1Cn1ncc(C)cc1=O. The predicted molar refractivity (Wildman–Crippen MR) is 67.9 cm³/mol. The molecule has 0 saturated heterocycles. The molecule has 0 aliphatic carbocycles. The van der Waals surface area contributed by atoms with Crippen molar-refractivity contribution in [3.63, 3.8) is 0 Å². The van der Waals surface area contributed by atoms with Gasteiger partial charge >= 0.3 is 5.97 Å². The van der Waals surface area contributed by atoms with Gasteiger partial charge in [-0.05, 0) is 24.6 Å². The minimum Gasteiger partial charge on any atom is -0.465 e. The molecule has 6 heteroatoms. The van der Waals surface area contributed by atoms with Crippen LogP contribution in [0.2, 0.25) is 0 Å². The highest BCUT2D eigenvalue weighted by atomic mass is 16.5. The minimum atomic E-state index is -0.483. The molecule has 0 saturated carbocycles. The van der Waals surface area contributed by atoms with Crippen molar-refractivity contribution < 1.29 is 9.53 Å². The summed E-state index contributed by atoms with van der Waals surface area (Å²) in [6, 6.07) is 4.72. The summed E-state index contributed by atoms with van der Waals surface area (Å²) in [6.07, 6.45) is 3.14. The lowest BCUT2D eigenvalue weighted by Crippen LogP contribution is -2.24. The number of hydrogen-bond acceptors (Lipinski definition) is 5. The third-order valence-electron chi connectivity index (χ3n) is 2.60. The summed E-state index contributed by atoms with van der Waals surface area (Å²) in [6.45, 7) is 1.92. The fraction of sp³-hybridized carbons (Fsp3) is 0.231. The van der Waals surface area contributed by atoms with Crippen LogP contribution in [0.3, 0.4) is 0 Å². The zero-order chi connectivity index (χ0) is 13.8. The van der Waals surface area contributed by atoms with Gasteiger partial charge in [-0.15, -0.1) is 0 Å². The number of aromatic nitrogens is 3. The third-order valence-corrected chi connectivity index (χ3v) is 2.60. The number of pyridine rings is 1. The van der Waals surface area contributed by atoms with Gasteiger partial charge in [0.1, 0.15) is 0 Å². The fourth-order valence-corrected chi connectivity index (χ4v) is 1.64. The molecular weight excluding hydrogens is 246 g/mol. The van der Waals surface area contributed by atoms with Crippen molar-refractivity contribution in [2.24, 2.45) is 0 Å². The topological polar surface area (TPSA) is 74.1 Å². The second kappa shape index (κ2) is 5.43. The van der Waals surface area contributed by atoms with E-state index in [0.717, 1.165) is 5.56 Å². The maximum atomic E-state index is 11.8. The van der Waals surface area contributed by atoms with Crippen LogP contribution in [-0.2, 0) is 11.3 Å². The van der Waals surface area contributed by atoms with E-state index in [2.05, 4.69) is 14.8 Å². The van der Waals surface area contributed by atoms with E-state index in [-0.39, 0.29) is 12.1 Å². The number of hydrogen-bond donors (Lipinski definition) is 0. The van der Waals surface area contributed by atoms with Gasteiger partial charge in [-0.25, -0.2) is 9.48 Å². The Morgan fingerprint density at radius 2 is 2.26 bits per heavy atom. The van der Waals surface area contributed by atoms with Gasteiger partial charge in [-0.1, -0.05) is 0 Å². The summed E-state index contributed by atoms with van der Waals surface area (Å²) >= 11 is 0. The Hall–Kier alpha value is -2.50. The lowest BCUT2D eigenvalue weighted by molar-refractivity contribution is 0.0598. The Morgan fingerprint density at radius 1 is 1.47 bits per heavy atom. The average molecular weight is 259 g/mol. The molecule has 0 radical (unpaired) electrons. The Labute approximate surface area is 109 Å². The van der Waals surface area contributed by atoms with Gasteiger partial charge in [0.2, 0.25) is 0 Å². The van der Waals surface area contributed by atoms with Crippen LogP contribution in [0.4, 0.5) is 0 Å². The van der Waals surface area contributed by atoms with Crippen molar-refractivity contribution in [2.75, 3.05) is 7.11 Å². The number of esters is 1. The standard InChI is InChI=1S/C13H13N3O3/c1-9-6-12(17)16(15-7-9)8-11-10(13(18)19-2)4-3-5-14-11/h3-7H,8H2,1-2H3. The monoisotopic (exact) mass is 259 g/mol. The van der Waals surface area contributed by atoms with Crippen LogP contribution < -0.4 is 5.56 Å². The molecule has 98 valence electrons. The van der Waals surface area contributed by atoms with Crippen molar-refractivity contribution >= 4 is 5.97 Å². The first kappa shape index (κ1) is 12.9. The number of nitrogens with zero attached hydrogens (tertiary/aromatic N) is 3. The molecule has 0 aromatic carbocycles. The predicted octanol–water partition coefficient (Wildman–Crippen LogP) is 0.782. The van der Waals surface area contributed by atoms with Gasteiger partial charge in [0.05, 0.1) is 31.1 Å². The highest BCUT2D eigenvalue weighted by Gasteiger charge is 2.13. The zero-order valence-corrected chi connectivity index (χ0v) is 10.7. The Bertz CT molecular complexity index is 664. The van der Waals surface area contributed by atoms with Crippen LogP contribution in [-0.4, -0.2) is 27.8 Å². The van der Waals surface area contributed by atoms with Crippen LogP contribution in [0.1, 0.15) is 21.6 Å². The van der Waals surface area contributed by atoms with Crippen LogP contribution in [0, 0.1) is 6.92 Å². The Balaban J connectivity index is 2.38. The number of carbonyl (C=O) groups excluding carboxylic acids is 1. The molecule has 0 aliphatic heterocycles. The van der Waals surface area contributed by atoms with Gasteiger partial charge in [0.15, 0.2) is 0 Å². The van der Waals surface area contributed by atoms with E-state index in [1.54, 1.807) is 31.5 Å². The Kier molecular flexibility index (Phi) is 3.70. The first-order valence-electron chi connectivity index (χ1n) is 5.68. The van der Waals surface area contributed by atoms with Crippen LogP contribution >= 0.6 is 0 Å². The molecule has 2 rings (SSSR count). The van der Waals surface area contributed by atoms with E-state index >= 15 is 0 Å². The fourth-order valence-electron chi connectivity index (χ4n) is 1.64. The summed E-state index contributed by atoms with van der Waals surface area (Å²) in [4.78, 5) is 27.5. The van der Waals surface area contributed by atoms with Gasteiger partial charge in [0.25, 0.3) is 5.56 Å². The van der Waals surface area contributed by atoms with Gasteiger partial charge in [-0.2, -0.15) is 5.10 Å². The molecule has 0 bridgehead atoms. The molecule has 19 heavy (non-hydrogen) atoms. The van der Waals surface area contributed by atoms with E-state index in [4.69, 9.17) is 0 Å². The summed E-state index contributed by atoms with van der Waals surface area (Å²) in [7, 11) is 1.30. The molecule has 6 nitrogen and oxygen atoms in total. The number of methoxy groups -OCH3 is 1. The quantitative estimate of drug-likeness (QED) is 0.761. The third kappa shape index (κ3) is 2.85. The second-order valence-electron chi connectivity index (χ2n) is 4.02. The number of carbonyl (C=O) groups is 1. The molecule has 0 fully saturated rings. The maximum Gasteiger partial charge on any atom is 0.339 e. The number of rotatable bonds is 3. The molecular formula is C13H13N3O3. The van der Waals surface area contributed by atoms with E-state index in [1.165, 1.54) is 17.9 Å². The van der Waals surface area contributed by atoms with E-state index in [0.29, 0.717) is 11.3 Å². The van der Waals surface area contributed by atoms with Gasteiger partial charge < -0.3 is 4.74 Å². The van der Waals surface area contributed by atoms with Crippen molar-refractivity contribution in [2.45, 2.75) is 13.5 Å². The molecule has 0 spiro atoms. The van der Waals surface area contributed by atoms with Gasteiger partial charge in [-0.3, -0.25) is 9.78 Å². The van der Waals surface area contributed by atoms with Gasteiger partial charge in [0, 0.05) is 12.3 Å². The first-order valence-corrected chi connectivity index (χ1v) is 5.68. The van der Waals surface area contributed by atoms with Crippen molar-refractivity contribution in [1.82, 2.24) is 14.8 Å². The average Bonchev–Trinajstić information content (AvgIpc) is 2.41. The smallest absolute Gasteiger partial charge is 0.339 e. The maximum absolute atomic E-state index is 11.8. The van der Waals surface area contributed by atoms with E-state index in [9.17, 15) is 9.59 Å². The highest BCUT2D eigenvalue weighted by Crippen LogP contribution is 2.07. The van der Waals surface area contributed by atoms with E-state index in [1.807, 2.05) is 0 Å². The summed E-state index contributed by atoms with van der Waals surface area (Å²) in [5.74, 6) is -0.483. The molecule has 2 aromatic rings. The second-order valence-corrected chi connectivity index (χ2v) is 4.02.